The molecule has 1 aromatic carbocycles. The van der Waals surface area contributed by atoms with Gasteiger partial charge < -0.3 is 13.7 Å². The van der Waals surface area contributed by atoms with Gasteiger partial charge in [-0.3, -0.25) is 4.79 Å². The van der Waals surface area contributed by atoms with Gasteiger partial charge in [0, 0.05) is 16.7 Å². The van der Waals surface area contributed by atoms with Crippen molar-refractivity contribution >= 4 is 35.1 Å². The number of fused-ring (bicyclic) bond motifs is 1. The number of carbonyl (C=O) groups is 1. The highest BCUT2D eigenvalue weighted by Crippen LogP contribution is 2.37. The second-order valence-electron chi connectivity index (χ2n) is 6.28. The lowest BCUT2D eigenvalue weighted by molar-refractivity contribution is -0.116. The average Bonchev–Trinajstić information content (AvgIpc) is 3.25. The van der Waals surface area contributed by atoms with Crippen LogP contribution in [0.5, 0.6) is 0 Å². The minimum absolute atomic E-state index is 0.0430. The van der Waals surface area contributed by atoms with Gasteiger partial charge in [-0.2, -0.15) is 0 Å². The number of anilines is 1. The summed E-state index contributed by atoms with van der Waals surface area (Å²) in [6.45, 7) is 4.75. The van der Waals surface area contributed by atoms with Gasteiger partial charge in [-0.25, -0.2) is 0 Å². The largest absolute Gasteiger partial charge is 0.469 e. The molecule has 1 amide bonds. The van der Waals surface area contributed by atoms with Gasteiger partial charge in [-0.05, 0) is 31.5 Å². The molecule has 140 valence electrons. The van der Waals surface area contributed by atoms with Crippen LogP contribution in [-0.4, -0.2) is 33.7 Å². The van der Waals surface area contributed by atoms with Crippen molar-refractivity contribution in [2.24, 2.45) is 0 Å². The van der Waals surface area contributed by atoms with Crippen LogP contribution in [0.15, 0.2) is 55.5 Å². The maximum Gasteiger partial charge on any atom is 0.277 e. The molecule has 8 heteroatoms. The molecule has 0 N–H and O–H groups in total. The molecule has 0 spiro atoms. The van der Waals surface area contributed by atoms with Crippen LogP contribution >= 0.6 is 23.5 Å². The van der Waals surface area contributed by atoms with Gasteiger partial charge in [0.2, 0.25) is 5.91 Å². The highest BCUT2D eigenvalue weighted by molar-refractivity contribution is 8.00. The molecule has 2 aromatic heterocycles. The molecule has 1 aliphatic rings. The van der Waals surface area contributed by atoms with Crippen LogP contribution in [0.25, 0.3) is 11.5 Å². The molecule has 6 nitrogen and oxygen atoms in total. The maximum absolute atomic E-state index is 12.9. The number of benzene rings is 1. The molecule has 0 bridgehead atoms. The Labute approximate surface area is 165 Å². The molecule has 0 saturated carbocycles. The quantitative estimate of drug-likeness (QED) is 0.589. The van der Waals surface area contributed by atoms with Gasteiger partial charge in [0.05, 0.1) is 23.3 Å². The van der Waals surface area contributed by atoms with E-state index in [0.717, 1.165) is 28.3 Å². The second kappa shape index (κ2) is 7.82. The molecule has 0 fully saturated rings. The molecule has 0 aliphatic carbocycles. The summed E-state index contributed by atoms with van der Waals surface area (Å²) in [5, 5.41) is 8.94. The fraction of sp³-hybridized carbons (Fsp3) is 0.316. The molecular weight excluding hydrogens is 382 g/mol. The Hall–Kier alpha value is -2.19. The molecule has 3 aromatic rings. The highest BCUT2D eigenvalue weighted by atomic mass is 32.2. The van der Waals surface area contributed by atoms with E-state index in [0.29, 0.717) is 22.9 Å². The van der Waals surface area contributed by atoms with E-state index in [4.69, 9.17) is 8.83 Å². The van der Waals surface area contributed by atoms with Gasteiger partial charge in [0.15, 0.2) is 0 Å². The molecular formula is C19H19N3O3S2. The van der Waals surface area contributed by atoms with E-state index in [1.807, 2.05) is 41.8 Å². The minimum atomic E-state index is 0.0430. The number of rotatable bonds is 4. The van der Waals surface area contributed by atoms with E-state index in [2.05, 4.69) is 23.2 Å². The summed E-state index contributed by atoms with van der Waals surface area (Å²) in [6.07, 6.45) is 2.54. The molecule has 1 aliphatic heterocycles. The summed E-state index contributed by atoms with van der Waals surface area (Å²) >= 11 is 3.08. The van der Waals surface area contributed by atoms with E-state index >= 15 is 0 Å². The van der Waals surface area contributed by atoms with E-state index in [-0.39, 0.29) is 11.7 Å². The Morgan fingerprint density at radius 2 is 2.19 bits per heavy atom. The number of furan rings is 1. The van der Waals surface area contributed by atoms with Gasteiger partial charge in [-0.1, -0.05) is 30.8 Å². The summed E-state index contributed by atoms with van der Waals surface area (Å²) in [7, 11) is 0. The summed E-state index contributed by atoms with van der Waals surface area (Å²) in [6, 6.07) is 9.86. The predicted octanol–water partition coefficient (Wildman–Crippen LogP) is 4.65. The first-order chi connectivity index (χ1) is 13.1. The number of aromatic nitrogens is 2. The Morgan fingerprint density at radius 3 is 3.00 bits per heavy atom. The Morgan fingerprint density at radius 1 is 1.33 bits per heavy atom. The monoisotopic (exact) mass is 401 g/mol. The lowest BCUT2D eigenvalue weighted by atomic mass is 10.2. The molecule has 27 heavy (non-hydrogen) atoms. The number of aryl methyl sites for hydroxylation is 1. The average molecular weight is 402 g/mol. The van der Waals surface area contributed by atoms with Crippen LogP contribution < -0.4 is 4.90 Å². The van der Waals surface area contributed by atoms with Gasteiger partial charge in [0.1, 0.15) is 5.76 Å². The van der Waals surface area contributed by atoms with Gasteiger partial charge >= 0.3 is 0 Å². The van der Waals surface area contributed by atoms with Crippen molar-refractivity contribution < 1.29 is 13.6 Å². The minimum Gasteiger partial charge on any atom is -0.469 e. The third-order valence-electron chi connectivity index (χ3n) is 4.36. The number of hydrogen-bond acceptors (Lipinski definition) is 7. The van der Waals surface area contributed by atoms with Crippen LogP contribution in [0.2, 0.25) is 0 Å². The van der Waals surface area contributed by atoms with Gasteiger partial charge in [-0.15, -0.1) is 22.0 Å². The first-order valence-corrected chi connectivity index (χ1v) is 10.5. The third-order valence-corrected chi connectivity index (χ3v) is 6.40. The standard InChI is InChI=1S/C19H19N3O3S2/c1-12-7-9-22(15-5-3-4-6-16(15)27-12)17(23)11-26-19-21-20-18(25-19)14-8-10-24-13(14)2/h3-6,8,10,12H,7,9,11H2,1-2H3. The fourth-order valence-corrected chi connectivity index (χ4v) is 4.68. The third kappa shape index (κ3) is 3.91. The number of hydrogen-bond donors (Lipinski definition) is 0. The highest BCUT2D eigenvalue weighted by Gasteiger charge is 2.24. The number of para-hydroxylation sites is 1. The smallest absolute Gasteiger partial charge is 0.277 e. The summed E-state index contributed by atoms with van der Waals surface area (Å²) in [5.41, 5.74) is 1.76. The van der Waals surface area contributed by atoms with E-state index in [1.54, 1.807) is 12.3 Å². The summed E-state index contributed by atoms with van der Waals surface area (Å²) in [5.74, 6) is 1.42. The topological polar surface area (TPSA) is 72.4 Å². The zero-order valence-corrected chi connectivity index (χ0v) is 16.7. The van der Waals surface area contributed by atoms with E-state index in [1.165, 1.54) is 11.8 Å². The Bertz CT molecular complexity index is 953. The van der Waals surface area contributed by atoms with Gasteiger partial charge in [0.25, 0.3) is 11.1 Å². The van der Waals surface area contributed by atoms with E-state index < -0.39 is 0 Å². The SMILES string of the molecule is Cc1occc1-c1nnc(SCC(=O)N2CCC(C)Sc3ccccc32)o1. The maximum atomic E-state index is 12.9. The second-order valence-corrected chi connectivity index (χ2v) is 8.69. The van der Waals surface area contributed by atoms with Crippen molar-refractivity contribution in [1.82, 2.24) is 10.2 Å². The molecule has 1 unspecified atom stereocenters. The van der Waals surface area contributed by atoms with Crippen molar-refractivity contribution in [2.75, 3.05) is 17.2 Å². The number of thioether (sulfide) groups is 2. The zero-order chi connectivity index (χ0) is 18.8. The van der Waals surface area contributed by atoms with Crippen molar-refractivity contribution in [3.8, 4) is 11.5 Å². The van der Waals surface area contributed by atoms with E-state index in [9.17, 15) is 4.79 Å². The van der Waals surface area contributed by atoms with Crippen LogP contribution in [0.1, 0.15) is 19.1 Å². The summed E-state index contributed by atoms with van der Waals surface area (Å²) < 4.78 is 10.9. The molecule has 4 rings (SSSR count). The van der Waals surface area contributed by atoms with Crippen LogP contribution in [-0.2, 0) is 4.79 Å². The van der Waals surface area contributed by atoms with Crippen LogP contribution in [0.3, 0.4) is 0 Å². The Kier molecular flexibility index (Phi) is 5.27. The first-order valence-electron chi connectivity index (χ1n) is 8.68. The van der Waals surface area contributed by atoms with Crippen molar-refractivity contribution in [3.63, 3.8) is 0 Å². The molecule has 0 radical (unpaired) electrons. The van der Waals surface area contributed by atoms with Crippen molar-refractivity contribution in [1.29, 1.82) is 0 Å². The lowest BCUT2D eigenvalue weighted by Crippen LogP contribution is -2.33. The van der Waals surface area contributed by atoms with Crippen LogP contribution in [0.4, 0.5) is 5.69 Å². The first kappa shape index (κ1) is 18.2. The summed E-state index contributed by atoms with van der Waals surface area (Å²) in [4.78, 5) is 15.9. The Balaban J connectivity index is 1.46. The molecule has 1 atom stereocenters. The zero-order valence-electron chi connectivity index (χ0n) is 15.0. The number of carbonyl (C=O) groups excluding carboxylic acids is 1. The van der Waals surface area contributed by atoms with Crippen LogP contribution in [0, 0.1) is 6.92 Å². The van der Waals surface area contributed by atoms with Crippen molar-refractivity contribution in [2.45, 2.75) is 35.6 Å². The predicted molar refractivity (Wildman–Crippen MR) is 106 cm³/mol. The van der Waals surface area contributed by atoms with Crippen molar-refractivity contribution in [3.05, 3.63) is 42.4 Å². The number of nitrogens with zero attached hydrogens (tertiary/aromatic N) is 3. The lowest BCUT2D eigenvalue weighted by Gasteiger charge is -2.22. The molecule has 0 saturated heterocycles. The molecule has 3 heterocycles. The number of amides is 1. The fourth-order valence-electron chi connectivity index (χ4n) is 2.93. The normalized spacial score (nSPS) is 16.8.